The molecule has 108 valence electrons. The van der Waals surface area contributed by atoms with E-state index in [1.54, 1.807) is 19.2 Å². The molecule has 2 aromatic carbocycles. The fraction of sp³-hybridized carbons (Fsp3) is 0.0667. The molecule has 0 bridgehead atoms. The summed E-state index contributed by atoms with van der Waals surface area (Å²) in [6.45, 7) is 0. The standard InChI is InChI=1S/C15H12Cl2N2O2/c1-21-12-5-2-10(3-6-12)9-18-19-15(20)11-4-7-13(16)14(17)8-11/h2-9H,1H3,(H,19,20)/b18-9+. The predicted octanol–water partition coefficient (Wildman–Crippen LogP) is 3.77. The number of benzene rings is 2. The SMILES string of the molecule is COc1ccc(/C=N/NC(=O)c2ccc(Cl)c(Cl)c2)cc1. The van der Waals surface area contributed by atoms with Gasteiger partial charge in [-0.3, -0.25) is 4.79 Å². The molecule has 2 aromatic rings. The number of rotatable bonds is 4. The second-order valence-corrected chi connectivity index (χ2v) is 4.92. The normalized spacial score (nSPS) is 10.6. The van der Waals surface area contributed by atoms with Gasteiger partial charge in [0.1, 0.15) is 5.75 Å². The molecule has 2 rings (SSSR count). The van der Waals surface area contributed by atoms with E-state index in [1.807, 2.05) is 24.3 Å². The minimum atomic E-state index is -0.363. The monoisotopic (exact) mass is 322 g/mol. The van der Waals surface area contributed by atoms with Crippen LogP contribution in [-0.2, 0) is 0 Å². The molecule has 0 unspecified atom stereocenters. The highest BCUT2D eigenvalue weighted by Crippen LogP contribution is 2.22. The molecule has 0 aliphatic heterocycles. The Balaban J connectivity index is 1.99. The first-order valence-electron chi connectivity index (χ1n) is 6.02. The zero-order chi connectivity index (χ0) is 15.2. The highest BCUT2D eigenvalue weighted by Gasteiger charge is 2.06. The lowest BCUT2D eigenvalue weighted by molar-refractivity contribution is 0.0955. The van der Waals surface area contributed by atoms with Gasteiger partial charge in [-0.05, 0) is 48.0 Å². The summed E-state index contributed by atoms with van der Waals surface area (Å²) < 4.78 is 5.05. The average molecular weight is 323 g/mol. The lowest BCUT2D eigenvalue weighted by Crippen LogP contribution is -2.17. The van der Waals surface area contributed by atoms with E-state index in [4.69, 9.17) is 27.9 Å². The summed E-state index contributed by atoms with van der Waals surface area (Å²) in [5.74, 6) is 0.394. The van der Waals surface area contributed by atoms with Gasteiger partial charge in [-0.15, -0.1) is 0 Å². The summed E-state index contributed by atoms with van der Waals surface area (Å²) >= 11 is 11.6. The van der Waals surface area contributed by atoms with E-state index in [9.17, 15) is 4.79 Å². The fourth-order valence-corrected chi connectivity index (χ4v) is 1.86. The minimum absolute atomic E-state index is 0.323. The van der Waals surface area contributed by atoms with Crippen molar-refractivity contribution in [1.29, 1.82) is 0 Å². The molecule has 4 nitrogen and oxygen atoms in total. The molecule has 0 aliphatic rings. The number of ether oxygens (including phenoxy) is 1. The number of nitrogens with zero attached hydrogens (tertiary/aromatic N) is 1. The number of halogens is 2. The van der Waals surface area contributed by atoms with Crippen molar-refractivity contribution < 1.29 is 9.53 Å². The van der Waals surface area contributed by atoms with E-state index in [-0.39, 0.29) is 5.91 Å². The van der Waals surface area contributed by atoms with Crippen LogP contribution < -0.4 is 10.2 Å². The summed E-state index contributed by atoms with van der Waals surface area (Å²) in [5, 5.41) is 4.60. The quantitative estimate of drug-likeness (QED) is 0.688. The Morgan fingerprint density at radius 3 is 2.48 bits per heavy atom. The fourth-order valence-electron chi connectivity index (χ4n) is 1.56. The largest absolute Gasteiger partial charge is 0.497 e. The lowest BCUT2D eigenvalue weighted by Gasteiger charge is -2.02. The van der Waals surface area contributed by atoms with Gasteiger partial charge in [-0.1, -0.05) is 23.2 Å². The van der Waals surface area contributed by atoms with Gasteiger partial charge in [0.2, 0.25) is 0 Å². The molecule has 21 heavy (non-hydrogen) atoms. The van der Waals surface area contributed by atoms with Crippen molar-refractivity contribution in [1.82, 2.24) is 5.43 Å². The number of hydrazone groups is 1. The molecule has 0 radical (unpaired) electrons. The second kappa shape index (κ2) is 7.11. The Morgan fingerprint density at radius 2 is 1.86 bits per heavy atom. The number of carbonyl (C=O) groups excluding carboxylic acids is 1. The van der Waals surface area contributed by atoms with Crippen LogP contribution in [-0.4, -0.2) is 19.2 Å². The van der Waals surface area contributed by atoms with Crippen LogP contribution in [0.5, 0.6) is 5.75 Å². The maximum atomic E-state index is 11.9. The van der Waals surface area contributed by atoms with Crippen LogP contribution >= 0.6 is 23.2 Å². The van der Waals surface area contributed by atoms with Gasteiger partial charge in [0.15, 0.2) is 0 Å². The molecule has 1 N–H and O–H groups in total. The molecule has 0 saturated carbocycles. The number of carbonyl (C=O) groups is 1. The molecule has 0 aromatic heterocycles. The summed E-state index contributed by atoms with van der Waals surface area (Å²) in [7, 11) is 1.60. The van der Waals surface area contributed by atoms with Gasteiger partial charge in [0.05, 0.1) is 23.4 Å². The van der Waals surface area contributed by atoms with Crippen molar-refractivity contribution in [3.63, 3.8) is 0 Å². The van der Waals surface area contributed by atoms with Gasteiger partial charge in [0.25, 0.3) is 5.91 Å². The van der Waals surface area contributed by atoms with Crippen LogP contribution in [0, 0.1) is 0 Å². The van der Waals surface area contributed by atoms with Crippen molar-refractivity contribution in [2.24, 2.45) is 5.10 Å². The Bertz CT molecular complexity index is 670. The summed E-state index contributed by atoms with van der Waals surface area (Å²) in [6, 6.07) is 11.9. The van der Waals surface area contributed by atoms with E-state index < -0.39 is 0 Å². The van der Waals surface area contributed by atoms with Crippen molar-refractivity contribution in [2.45, 2.75) is 0 Å². The van der Waals surface area contributed by atoms with Crippen LogP contribution in [0.4, 0.5) is 0 Å². The molecule has 0 heterocycles. The first-order valence-corrected chi connectivity index (χ1v) is 6.78. The second-order valence-electron chi connectivity index (χ2n) is 4.10. The molecular weight excluding hydrogens is 311 g/mol. The van der Waals surface area contributed by atoms with E-state index in [2.05, 4.69) is 10.5 Å². The van der Waals surface area contributed by atoms with E-state index in [1.165, 1.54) is 12.3 Å². The van der Waals surface area contributed by atoms with Crippen molar-refractivity contribution in [3.8, 4) is 5.75 Å². The van der Waals surface area contributed by atoms with Crippen LogP contribution in [0.2, 0.25) is 10.0 Å². The molecule has 1 amide bonds. The third-order valence-corrected chi connectivity index (χ3v) is 3.42. The van der Waals surface area contributed by atoms with Gasteiger partial charge in [0, 0.05) is 5.56 Å². The zero-order valence-corrected chi connectivity index (χ0v) is 12.7. The van der Waals surface area contributed by atoms with Gasteiger partial charge in [-0.2, -0.15) is 5.10 Å². The molecule has 0 saturated heterocycles. The summed E-state index contributed by atoms with van der Waals surface area (Å²) in [5.41, 5.74) is 3.64. The Labute approximate surface area is 132 Å². The van der Waals surface area contributed by atoms with Gasteiger partial charge in [-0.25, -0.2) is 5.43 Å². The first kappa shape index (κ1) is 15.4. The predicted molar refractivity (Wildman–Crippen MR) is 84.5 cm³/mol. The van der Waals surface area contributed by atoms with Gasteiger partial charge >= 0.3 is 0 Å². The minimum Gasteiger partial charge on any atom is -0.497 e. The maximum Gasteiger partial charge on any atom is 0.271 e. The molecule has 6 heteroatoms. The first-order chi connectivity index (χ1) is 10.1. The topological polar surface area (TPSA) is 50.7 Å². The van der Waals surface area contributed by atoms with Crippen molar-refractivity contribution in [2.75, 3.05) is 7.11 Å². The molecular formula is C15H12Cl2N2O2. The molecule has 0 fully saturated rings. The van der Waals surface area contributed by atoms with Crippen molar-refractivity contribution >= 4 is 35.3 Å². The maximum absolute atomic E-state index is 11.9. The lowest BCUT2D eigenvalue weighted by atomic mass is 10.2. The number of hydrogen-bond acceptors (Lipinski definition) is 3. The molecule has 0 atom stereocenters. The van der Waals surface area contributed by atoms with Crippen LogP contribution in [0.1, 0.15) is 15.9 Å². The Morgan fingerprint density at radius 1 is 1.14 bits per heavy atom. The zero-order valence-electron chi connectivity index (χ0n) is 11.1. The van der Waals surface area contributed by atoms with Gasteiger partial charge < -0.3 is 4.74 Å². The van der Waals surface area contributed by atoms with Crippen LogP contribution in [0.25, 0.3) is 0 Å². The Kier molecular flexibility index (Phi) is 5.20. The van der Waals surface area contributed by atoms with Crippen molar-refractivity contribution in [3.05, 3.63) is 63.6 Å². The van der Waals surface area contributed by atoms with Crippen LogP contribution in [0.3, 0.4) is 0 Å². The number of methoxy groups -OCH3 is 1. The average Bonchev–Trinajstić information content (AvgIpc) is 2.50. The van der Waals surface area contributed by atoms with E-state index in [0.29, 0.717) is 15.6 Å². The van der Waals surface area contributed by atoms with E-state index in [0.717, 1.165) is 11.3 Å². The summed E-state index contributed by atoms with van der Waals surface area (Å²) in [6.07, 6.45) is 1.54. The highest BCUT2D eigenvalue weighted by molar-refractivity contribution is 6.42. The third kappa shape index (κ3) is 4.21. The number of nitrogens with one attached hydrogen (secondary N) is 1. The number of hydrogen-bond donors (Lipinski definition) is 1. The highest BCUT2D eigenvalue weighted by atomic mass is 35.5. The van der Waals surface area contributed by atoms with Crippen LogP contribution in [0.15, 0.2) is 47.6 Å². The molecule has 0 aliphatic carbocycles. The Hall–Kier alpha value is -2.04. The smallest absolute Gasteiger partial charge is 0.271 e. The third-order valence-electron chi connectivity index (χ3n) is 2.68. The number of amides is 1. The molecule has 0 spiro atoms. The van der Waals surface area contributed by atoms with E-state index >= 15 is 0 Å². The summed E-state index contributed by atoms with van der Waals surface area (Å²) in [4.78, 5) is 11.9.